The summed E-state index contributed by atoms with van der Waals surface area (Å²) in [6.07, 6.45) is -0.357. The van der Waals surface area contributed by atoms with Crippen LogP contribution in [0.15, 0.2) is 15.8 Å². The third-order valence-electron chi connectivity index (χ3n) is 3.04. The highest BCUT2D eigenvalue weighted by atomic mass is 19.1. The quantitative estimate of drug-likeness (QED) is 0.536. The smallest absolute Gasteiger partial charge is 0.347 e. The van der Waals surface area contributed by atoms with Crippen LogP contribution in [0.5, 0.6) is 0 Å². The van der Waals surface area contributed by atoms with Gasteiger partial charge in [0.25, 0.3) is 5.56 Å². The van der Waals surface area contributed by atoms with Gasteiger partial charge in [0.15, 0.2) is 0 Å². The molecule has 1 fully saturated rings. The normalized spacial score (nSPS) is 34.6. The summed E-state index contributed by atoms with van der Waals surface area (Å²) < 4.78 is 20.3. The van der Waals surface area contributed by atoms with Crippen molar-refractivity contribution in [2.24, 2.45) is 0 Å². The van der Waals surface area contributed by atoms with Crippen LogP contribution in [0.1, 0.15) is 13.2 Å². The van der Waals surface area contributed by atoms with Crippen molar-refractivity contribution in [2.75, 3.05) is 0 Å². The van der Waals surface area contributed by atoms with Crippen molar-refractivity contribution in [1.82, 2.24) is 14.8 Å². The van der Waals surface area contributed by atoms with Crippen LogP contribution in [0, 0.1) is 12.3 Å². The van der Waals surface area contributed by atoms with Crippen LogP contribution < -0.4 is 11.2 Å². The fraction of sp³-hybridized carbons (Fsp3) is 0.545. The number of ether oxygens (including phenoxy) is 1. The Bertz CT molecular complexity index is 663. The van der Waals surface area contributed by atoms with Gasteiger partial charge in [0.05, 0.1) is 6.10 Å². The highest BCUT2D eigenvalue weighted by Gasteiger charge is 2.59. The molecule has 0 amide bonds. The molecule has 0 aliphatic carbocycles. The number of rotatable bonds is 2. The lowest BCUT2D eigenvalue weighted by atomic mass is 9.95. The second kappa shape index (κ2) is 4.82. The van der Waals surface area contributed by atoms with E-state index in [0.29, 0.717) is 4.68 Å². The highest BCUT2D eigenvalue weighted by molar-refractivity contribution is 5.19. The summed E-state index contributed by atoms with van der Waals surface area (Å²) in [4.78, 5) is 24.4. The Kier molecular flexibility index (Phi) is 3.47. The zero-order valence-corrected chi connectivity index (χ0v) is 10.4. The molecule has 1 unspecified atom stereocenters. The number of alkyl halides is 1. The predicted molar refractivity (Wildman–Crippen MR) is 63.4 cm³/mol. The molecule has 1 saturated heterocycles. The third kappa shape index (κ3) is 2.03. The second-order valence-electron chi connectivity index (χ2n) is 4.43. The second-order valence-corrected chi connectivity index (χ2v) is 4.43. The van der Waals surface area contributed by atoms with Crippen LogP contribution >= 0.6 is 0 Å². The first-order valence-corrected chi connectivity index (χ1v) is 5.67. The Labute approximate surface area is 111 Å². The number of terminal acetylenes is 1. The first-order chi connectivity index (χ1) is 9.31. The molecule has 0 aromatic carbocycles. The van der Waals surface area contributed by atoms with Crippen LogP contribution in [0.4, 0.5) is 4.39 Å². The summed E-state index contributed by atoms with van der Waals surface area (Å²) in [6.45, 7) is 1.27. The number of nitrogens with zero attached hydrogens (tertiary/aromatic N) is 2. The standard InChI is InChI=1S/C11H12FN3O5/c1-3-11(12)8(18)7(5(2)16)20-9(11)15-10(19)14-6(17)4-13-15/h1,4-5,7-9,16,18H,2H3,(H,14,17,19)/t5-,7-,8+,9-,11?/m1/s1. The zero-order valence-electron chi connectivity index (χ0n) is 10.4. The summed E-state index contributed by atoms with van der Waals surface area (Å²) in [5, 5.41) is 22.7. The van der Waals surface area contributed by atoms with Crippen LogP contribution in [0.2, 0.25) is 0 Å². The molecule has 1 aliphatic heterocycles. The van der Waals surface area contributed by atoms with Gasteiger partial charge in [0, 0.05) is 0 Å². The van der Waals surface area contributed by atoms with E-state index in [1.165, 1.54) is 6.92 Å². The molecule has 108 valence electrons. The molecule has 2 rings (SSSR count). The lowest BCUT2D eigenvalue weighted by Crippen LogP contribution is -2.46. The highest BCUT2D eigenvalue weighted by Crippen LogP contribution is 2.41. The molecule has 9 heteroatoms. The van der Waals surface area contributed by atoms with Gasteiger partial charge in [-0.1, -0.05) is 5.92 Å². The molecule has 20 heavy (non-hydrogen) atoms. The molecule has 5 atom stereocenters. The summed E-state index contributed by atoms with van der Waals surface area (Å²) >= 11 is 0. The number of nitrogens with one attached hydrogen (secondary N) is 1. The lowest BCUT2D eigenvalue weighted by Gasteiger charge is -2.22. The molecule has 0 bridgehead atoms. The molecule has 3 N–H and O–H groups in total. The van der Waals surface area contributed by atoms with E-state index in [4.69, 9.17) is 11.2 Å². The van der Waals surface area contributed by atoms with E-state index in [9.17, 15) is 24.2 Å². The van der Waals surface area contributed by atoms with E-state index < -0.39 is 41.5 Å². The van der Waals surface area contributed by atoms with Gasteiger partial charge in [-0.3, -0.25) is 9.78 Å². The van der Waals surface area contributed by atoms with Gasteiger partial charge in [-0.05, 0) is 6.92 Å². The van der Waals surface area contributed by atoms with Gasteiger partial charge in [-0.25, -0.2) is 9.18 Å². The Balaban J connectivity index is 2.53. The number of aliphatic hydroxyl groups is 2. The topological polar surface area (TPSA) is 117 Å². The summed E-state index contributed by atoms with van der Waals surface area (Å²) in [5.74, 6) is 1.72. The Hall–Kier alpha value is -2.02. The number of halogens is 1. The van der Waals surface area contributed by atoms with Crippen molar-refractivity contribution in [3.05, 3.63) is 27.0 Å². The molecule has 1 aromatic rings. The molecule has 0 spiro atoms. The number of aromatic nitrogens is 3. The first kappa shape index (κ1) is 14.4. The molecule has 0 radical (unpaired) electrons. The van der Waals surface area contributed by atoms with Crippen LogP contribution in [0.3, 0.4) is 0 Å². The minimum Gasteiger partial charge on any atom is -0.391 e. The van der Waals surface area contributed by atoms with Crippen molar-refractivity contribution < 1.29 is 19.3 Å². The van der Waals surface area contributed by atoms with Crippen LogP contribution in [-0.4, -0.2) is 49.0 Å². The monoisotopic (exact) mass is 285 g/mol. The van der Waals surface area contributed by atoms with E-state index >= 15 is 0 Å². The van der Waals surface area contributed by atoms with Gasteiger partial charge in [-0.15, -0.1) is 6.42 Å². The zero-order chi connectivity index (χ0) is 15.1. The van der Waals surface area contributed by atoms with Gasteiger partial charge >= 0.3 is 5.69 Å². The van der Waals surface area contributed by atoms with Gasteiger partial charge in [0.2, 0.25) is 11.9 Å². The van der Waals surface area contributed by atoms with Gasteiger partial charge in [0.1, 0.15) is 18.4 Å². The fourth-order valence-corrected chi connectivity index (χ4v) is 2.01. The van der Waals surface area contributed by atoms with Crippen molar-refractivity contribution in [1.29, 1.82) is 0 Å². The number of hydrogen-bond donors (Lipinski definition) is 3. The predicted octanol–water partition coefficient (Wildman–Crippen LogP) is -2.09. The van der Waals surface area contributed by atoms with E-state index in [-0.39, 0.29) is 0 Å². The van der Waals surface area contributed by atoms with Crippen LogP contribution in [0.25, 0.3) is 0 Å². The lowest BCUT2D eigenvalue weighted by molar-refractivity contribution is -0.0850. The molecule has 8 nitrogen and oxygen atoms in total. The van der Waals surface area contributed by atoms with E-state index in [1.807, 2.05) is 4.98 Å². The average Bonchev–Trinajstić information content (AvgIpc) is 2.64. The molecule has 0 saturated carbocycles. The molecule has 1 aliphatic rings. The van der Waals surface area contributed by atoms with E-state index in [0.717, 1.165) is 6.20 Å². The maximum Gasteiger partial charge on any atom is 0.347 e. The molecule has 2 heterocycles. The SMILES string of the molecule is C#CC1(F)[C@@H](O)[C@@H]([C@@H](C)O)O[C@H]1n1ncc(=O)[nH]c1=O. The number of aromatic amines is 1. The minimum absolute atomic E-state index is 0.479. The van der Waals surface area contributed by atoms with Crippen molar-refractivity contribution in [2.45, 2.75) is 37.1 Å². The molecular weight excluding hydrogens is 273 g/mol. The van der Waals surface area contributed by atoms with E-state index in [1.54, 1.807) is 5.92 Å². The summed E-state index contributed by atoms with van der Waals surface area (Å²) in [6, 6.07) is 0. The fourth-order valence-electron chi connectivity index (χ4n) is 2.01. The van der Waals surface area contributed by atoms with Crippen molar-refractivity contribution in [3.8, 4) is 12.3 Å². The van der Waals surface area contributed by atoms with Gasteiger partial charge < -0.3 is 14.9 Å². The Morgan fingerprint density at radius 1 is 1.70 bits per heavy atom. The van der Waals surface area contributed by atoms with E-state index in [2.05, 4.69) is 5.10 Å². The van der Waals surface area contributed by atoms with Crippen LogP contribution in [-0.2, 0) is 4.74 Å². The Morgan fingerprint density at radius 3 is 2.85 bits per heavy atom. The molecular formula is C11H12FN3O5. The number of hydrogen-bond acceptors (Lipinski definition) is 6. The summed E-state index contributed by atoms with van der Waals surface area (Å²) in [5.41, 5.74) is -4.59. The average molecular weight is 285 g/mol. The molecule has 1 aromatic heterocycles. The minimum atomic E-state index is -2.77. The maximum atomic E-state index is 14.7. The van der Waals surface area contributed by atoms with Crippen molar-refractivity contribution in [3.63, 3.8) is 0 Å². The Morgan fingerprint density at radius 2 is 2.35 bits per heavy atom. The third-order valence-corrected chi connectivity index (χ3v) is 3.04. The van der Waals surface area contributed by atoms with Gasteiger partial charge in [-0.2, -0.15) is 9.78 Å². The first-order valence-electron chi connectivity index (χ1n) is 5.67. The number of aliphatic hydroxyl groups excluding tert-OH is 2. The summed E-state index contributed by atoms with van der Waals surface area (Å²) in [7, 11) is 0. The largest absolute Gasteiger partial charge is 0.391 e. The van der Waals surface area contributed by atoms with Crippen molar-refractivity contribution >= 4 is 0 Å². The maximum absolute atomic E-state index is 14.7. The number of H-pyrrole nitrogens is 1.